The molecule has 1 amide bonds. The average Bonchev–Trinajstić information content (AvgIpc) is 2.59. The molecular weight excluding hydrogens is 278 g/mol. The van der Waals surface area contributed by atoms with Crippen molar-refractivity contribution in [3.8, 4) is 16.9 Å². The lowest BCUT2D eigenvalue weighted by Gasteiger charge is -2.12. The summed E-state index contributed by atoms with van der Waals surface area (Å²) in [4.78, 5) is 11.2. The van der Waals surface area contributed by atoms with Gasteiger partial charge in [-0.05, 0) is 41.8 Å². The Bertz CT molecular complexity index is 622. The molecule has 4 heteroatoms. The van der Waals surface area contributed by atoms with E-state index in [1.807, 2.05) is 37.3 Å². The molecule has 0 heterocycles. The number of benzene rings is 2. The van der Waals surface area contributed by atoms with Gasteiger partial charge in [0.2, 0.25) is 0 Å². The topological polar surface area (TPSA) is 47.6 Å². The van der Waals surface area contributed by atoms with E-state index in [-0.39, 0.29) is 18.6 Å². The van der Waals surface area contributed by atoms with E-state index in [2.05, 4.69) is 23.5 Å². The van der Waals surface area contributed by atoms with Crippen LogP contribution in [0.15, 0.2) is 48.5 Å². The summed E-state index contributed by atoms with van der Waals surface area (Å²) in [5.41, 5.74) is 3.36. The summed E-state index contributed by atoms with van der Waals surface area (Å²) < 4.78 is 10.8. The Kier molecular flexibility index (Phi) is 5.55. The third-order valence-corrected chi connectivity index (χ3v) is 3.55. The van der Waals surface area contributed by atoms with Gasteiger partial charge in [-0.25, -0.2) is 0 Å². The second-order valence-electron chi connectivity index (χ2n) is 4.99. The van der Waals surface area contributed by atoms with Crippen LogP contribution in [0, 0.1) is 0 Å². The fourth-order valence-corrected chi connectivity index (χ4v) is 2.07. The van der Waals surface area contributed by atoms with Crippen molar-refractivity contribution in [1.29, 1.82) is 0 Å². The van der Waals surface area contributed by atoms with Crippen LogP contribution in [-0.2, 0) is 9.53 Å². The van der Waals surface area contributed by atoms with Crippen LogP contribution in [0.5, 0.6) is 5.75 Å². The molecule has 0 aliphatic heterocycles. The Morgan fingerprint density at radius 2 is 1.86 bits per heavy atom. The van der Waals surface area contributed by atoms with Crippen molar-refractivity contribution in [2.75, 3.05) is 20.8 Å². The van der Waals surface area contributed by atoms with Gasteiger partial charge in [-0.15, -0.1) is 0 Å². The van der Waals surface area contributed by atoms with Crippen LogP contribution in [0.2, 0.25) is 0 Å². The highest BCUT2D eigenvalue weighted by Gasteiger charge is 2.06. The SMILES string of the molecule is CNC(=O)COc1ccc(-c2cccc([C@H](C)OC)c2)cc1. The van der Waals surface area contributed by atoms with Crippen LogP contribution in [0.25, 0.3) is 11.1 Å². The molecule has 0 spiro atoms. The maximum atomic E-state index is 11.2. The van der Waals surface area contributed by atoms with Gasteiger partial charge in [0.1, 0.15) is 5.75 Å². The minimum absolute atomic E-state index is 0.0245. The first-order valence-corrected chi connectivity index (χ1v) is 7.20. The van der Waals surface area contributed by atoms with Crippen molar-refractivity contribution in [2.24, 2.45) is 0 Å². The molecule has 1 N–H and O–H groups in total. The van der Waals surface area contributed by atoms with Gasteiger partial charge in [0.05, 0.1) is 6.10 Å². The van der Waals surface area contributed by atoms with Crippen molar-refractivity contribution in [1.82, 2.24) is 5.32 Å². The number of carbonyl (C=O) groups is 1. The summed E-state index contributed by atoms with van der Waals surface area (Å²) >= 11 is 0. The van der Waals surface area contributed by atoms with Gasteiger partial charge in [-0.1, -0.05) is 30.3 Å². The highest BCUT2D eigenvalue weighted by molar-refractivity contribution is 5.77. The second-order valence-corrected chi connectivity index (χ2v) is 4.99. The number of amides is 1. The van der Waals surface area contributed by atoms with Gasteiger partial charge >= 0.3 is 0 Å². The molecule has 0 aromatic heterocycles. The monoisotopic (exact) mass is 299 g/mol. The highest BCUT2D eigenvalue weighted by Crippen LogP contribution is 2.26. The van der Waals surface area contributed by atoms with Crippen molar-refractivity contribution in [2.45, 2.75) is 13.0 Å². The largest absolute Gasteiger partial charge is 0.484 e. The number of hydrogen-bond donors (Lipinski definition) is 1. The zero-order chi connectivity index (χ0) is 15.9. The number of carbonyl (C=O) groups excluding carboxylic acids is 1. The number of rotatable bonds is 6. The van der Waals surface area contributed by atoms with Gasteiger partial charge in [0, 0.05) is 14.2 Å². The molecule has 2 aromatic rings. The highest BCUT2D eigenvalue weighted by atomic mass is 16.5. The first-order valence-electron chi connectivity index (χ1n) is 7.20. The van der Waals surface area contributed by atoms with Crippen LogP contribution >= 0.6 is 0 Å². The van der Waals surface area contributed by atoms with Crippen molar-refractivity contribution in [3.05, 3.63) is 54.1 Å². The maximum absolute atomic E-state index is 11.2. The lowest BCUT2D eigenvalue weighted by molar-refractivity contribution is -0.122. The predicted molar refractivity (Wildman–Crippen MR) is 86.9 cm³/mol. The zero-order valence-corrected chi connectivity index (χ0v) is 13.1. The molecule has 116 valence electrons. The third-order valence-electron chi connectivity index (χ3n) is 3.55. The van der Waals surface area contributed by atoms with Crippen LogP contribution in [0.3, 0.4) is 0 Å². The zero-order valence-electron chi connectivity index (χ0n) is 13.1. The van der Waals surface area contributed by atoms with E-state index in [1.54, 1.807) is 14.2 Å². The molecular formula is C18H21NO3. The standard InChI is InChI=1S/C18H21NO3/c1-13(21-3)15-5-4-6-16(11-15)14-7-9-17(10-8-14)22-12-18(20)19-2/h4-11,13H,12H2,1-3H3,(H,19,20)/t13-/m0/s1. The first kappa shape index (κ1) is 16.0. The smallest absolute Gasteiger partial charge is 0.257 e. The molecule has 1 atom stereocenters. The number of ether oxygens (including phenoxy) is 2. The van der Waals surface area contributed by atoms with E-state index >= 15 is 0 Å². The number of nitrogens with one attached hydrogen (secondary N) is 1. The summed E-state index contributed by atoms with van der Waals surface area (Å²) in [6, 6.07) is 16.0. The van der Waals surface area contributed by atoms with Crippen molar-refractivity contribution >= 4 is 5.91 Å². The molecule has 0 saturated heterocycles. The molecule has 0 aliphatic rings. The summed E-state index contributed by atoms with van der Waals surface area (Å²) in [7, 11) is 3.29. The fourth-order valence-electron chi connectivity index (χ4n) is 2.07. The number of hydrogen-bond acceptors (Lipinski definition) is 3. The minimum Gasteiger partial charge on any atom is -0.484 e. The molecule has 0 saturated carbocycles. The Labute approximate surface area is 131 Å². The van der Waals surface area contributed by atoms with E-state index in [4.69, 9.17) is 9.47 Å². The van der Waals surface area contributed by atoms with Gasteiger partial charge in [0.15, 0.2) is 6.61 Å². The normalized spacial score (nSPS) is 11.8. The van der Waals surface area contributed by atoms with E-state index in [9.17, 15) is 4.79 Å². The van der Waals surface area contributed by atoms with Gasteiger partial charge in [0.25, 0.3) is 5.91 Å². The fraction of sp³-hybridized carbons (Fsp3) is 0.278. The van der Waals surface area contributed by atoms with Gasteiger partial charge in [-0.3, -0.25) is 4.79 Å². The quantitative estimate of drug-likeness (QED) is 0.891. The number of likely N-dealkylation sites (N-methyl/N-ethyl adjacent to an activating group) is 1. The molecule has 2 rings (SSSR count). The maximum Gasteiger partial charge on any atom is 0.257 e. The molecule has 2 aromatic carbocycles. The van der Waals surface area contributed by atoms with E-state index < -0.39 is 0 Å². The Morgan fingerprint density at radius 1 is 1.14 bits per heavy atom. The Morgan fingerprint density at radius 3 is 2.50 bits per heavy atom. The first-order chi connectivity index (χ1) is 10.6. The number of methoxy groups -OCH3 is 1. The molecule has 0 fully saturated rings. The van der Waals surface area contributed by atoms with E-state index in [1.165, 1.54) is 0 Å². The van der Waals surface area contributed by atoms with Crippen molar-refractivity contribution in [3.63, 3.8) is 0 Å². The average molecular weight is 299 g/mol. The van der Waals surface area contributed by atoms with Crippen LogP contribution in [0.1, 0.15) is 18.6 Å². The van der Waals surface area contributed by atoms with Crippen LogP contribution in [-0.4, -0.2) is 26.7 Å². The molecule has 4 nitrogen and oxygen atoms in total. The Balaban J connectivity index is 2.11. The summed E-state index contributed by atoms with van der Waals surface area (Å²) in [6.07, 6.45) is 0.0649. The van der Waals surface area contributed by atoms with E-state index in [0.29, 0.717) is 5.75 Å². The van der Waals surface area contributed by atoms with Crippen molar-refractivity contribution < 1.29 is 14.3 Å². The second kappa shape index (κ2) is 7.61. The molecule has 0 unspecified atom stereocenters. The summed E-state index contributed by atoms with van der Waals surface area (Å²) in [5, 5.41) is 2.52. The lowest BCUT2D eigenvalue weighted by atomic mass is 10.0. The predicted octanol–water partition coefficient (Wildman–Crippen LogP) is 3.19. The van der Waals surface area contributed by atoms with Gasteiger partial charge in [-0.2, -0.15) is 0 Å². The lowest BCUT2D eigenvalue weighted by Crippen LogP contribution is -2.24. The molecule has 0 aliphatic carbocycles. The molecule has 0 bridgehead atoms. The third kappa shape index (κ3) is 4.09. The summed E-state index contributed by atoms with van der Waals surface area (Å²) in [6.45, 7) is 2.05. The van der Waals surface area contributed by atoms with Crippen LogP contribution < -0.4 is 10.1 Å². The van der Waals surface area contributed by atoms with Gasteiger partial charge < -0.3 is 14.8 Å². The Hall–Kier alpha value is -2.33. The molecule has 0 radical (unpaired) electrons. The van der Waals surface area contributed by atoms with Crippen LogP contribution in [0.4, 0.5) is 0 Å². The minimum atomic E-state index is -0.148. The molecule has 22 heavy (non-hydrogen) atoms. The summed E-state index contributed by atoms with van der Waals surface area (Å²) in [5.74, 6) is 0.527. The van der Waals surface area contributed by atoms with E-state index in [0.717, 1.165) is 16.7 Å².